The van der Waals surface area contributed by atoms with E-state index in [2.05, 4.69) is 20.8 Å². The molecular weight excluding hydrogens is 364 g/mol. The molecule has 1 aromatic carbocycles. The van der Waals surface area contributed by atoms with Gasteiger partial charge in [0.05, 0.1) is 7.11 Å². The van der Waals surface area contributed by atoms with Gasteiger partial charge in [0, 0.05) is 4.90 Å². The Hall–Kier alpha value is -1.69. The monoisotopic (exact) mass is 394 g/mol. The van der Waals surface area contributed by atoms with E-state index in [1.165, 1.54) is 7.11 Å². The Bertz CT molecular complexity index is 658. The number of rotatable bonds is 7. The molecule has 1 saturated carbocycles. The van der Waals surface area contributed by atoms with E-state index < -0.39 is 11.9 Å². The molecule has 6 heteroatoms. The molecule has 0 aliphatic heterocycles. The molecule has 0 aromatic heterocycles. The number of hydrogen-bond acceptors (Lipinski definition) is 6. The molecule has 1 aromatic rings. The van der Waals surface area contributed by atoms with Crippen LogP contribution in [0.25, 0.3) is 0 Å². The van der Waals surface area contributed by atoms with Crippen LogP contribution in [-0.2, 0) is 14.3 Å². The maximum atomic E-state index is 12.3. The lowest BCUT2D eigenvalue weighted by Crippen LogP contribution is -2.36. The quantitative estimate of drug-likeness (QED) is 0.498. The molecule has 3 atom stereocenters. The first-order valence-corrected chi connectivity index (χ1v) is 10.7. The molecule has 0 N–H and O–H groups in total. The molecule has 27 heavy (non-hydrogen) atoms. The molecule has 0 heterocycles. The van der Waals surface area contributed by atoms with Gasteiger partial charge in [-0.1, -0.05) is 27.2 Å². The van der Waals surface area contributed by atoms with E-state index in [1.807, 2.05) is 12.3 Å². The fourth-order valence-corrected chi connectivity index (χ4v) is 4.05. The zero-order chi connectivity index (χ0) is 20.0. The van der Waals surface area contributed by atoms with Crippen LogP contribution in [0.1, 0.15) is 50.4 Å². The van der Waals surface area contributed by atoms with E-state index in [0.717, 1.165) is 24.2 Å². The summed E-state index contributed by atoms with van der Waals surface area (Å²) in [6, 6.07) is 5.24. The number of thioether (sulfide) groups is 1. The second kappa shape index (κ2) is 10.0. The molecule has 2 rings (SSSR count). The van der Waals surface area contributed by atoms with Crippen molar-refractivity contribution in [2.45, 2.75) is 51.0 Å². The summed E-state index contributed by atoms with van der Waals surface area (Å²) in [6.45, 7) is 6.11. The predicted octanol–water partition coefficient (Wildman–Crippen LogP) is 4.58. The highest BCUT2D eigenvalue weighted by Gasteiger charge is 2.33. The largest absolute Gasteiger partial charge is 0.496 e. The van der Waals surface area contributed by atoms with Gasteiger partial charge in [-0.05, 0) is 55.1 Å². The van der Waals surface area contributed by atoms with Crippen LogP contribution in [-0.4, -0.2) is 38.0 Å². The minimum absolute atomic E-state index is 0.102. The first-order valence-electron chi connectivity index (χ1n) is 9.44. The first kappa shape index (κ1) is 21.6. The van der Waals surface area contributed by atoms with E-state index in [0.29, 0.717) is 29.1 Å². The van der Waals surface area contributed by atoms with Crippen molar-refractivity contribution in [3.63, 3.8) is 0 Å². The van der Waals surface area contributed by atoms with Crippen LogP contribution < -0.4 is 4.74 Å². The van der Waals surface area contributed by atoms with Crippen LogP contribution in [0.4, 0.5) is 0 Å². The maximum Gasteiger partial charge on any atom is 0.344 e. The van der Waals surface area contributed by atoms with Gasteiger partial charge in [0.2, 0.25) is 0 Å². The molecule has 150 valence electrons. The second-order valence-electron chi connectivity index (χ2n) is 7.50. The number of esters is 2. The summed E-state index contributed by atoms with van der Waals surface area (Å²) in [5.74, 6) is 0.708. The Morgan fingerprint density at radius 2 is 2.00 bits per heavy atom. The standard InChI is InChI=1S/C21H30O5S/c1-13(2)16-8-6-14(3)10-19(16)26-20(22)12-25-21(23)17-9-7-15(27-5)11-18(17)24-4/h7,9,11,13-14,16,19H,6,8,10,12H2,1-5H3/t14-,16+,19+/m0/s1. The average Bonchev–Trinajstić information content (AvgIpc) is 2.65. The summed E-state index contributed by atoms with van der Waals surface area (Å²) in [5, 5.41) is 0. The van der Waals surface area contributed by atoms with Crippen molar-refractivity contribution in [2.24, 2.45) is 17.8 Å². The van der Waals surface area contributed by atoms with Crippen molar-refractivity contribution in [3.8, 4) is 5.75 Å². The van der Waals surface area contributed by atoms with E-state index >= 15 is 0 Å². The number of benzene rings is 1. The van der Waals surface area contributed by atoms with Gasteiger partial charge in [-0.15, -0.1) is 11.8 Å². The highest BCUT2D eigenvalue weighted by molar-refractivity contribution is 7.98. The van der Waals surface area contributed by atoms with Crippen molar-refractivity contribution in [1.29, 1.82) is 0 Å². The van der Waals surface area contributed by atoms with Crippen LogP contribution in [0.2, 0.25) is 0 Å². The third kappa shape index (κ3) is 5.89. The summed E-state index contributed by atoms with van der Waals surface area (Å²) in [7, 11) is 1.50. The van der Waals surface area contributed by atoms with Gasteiger partial charge in [-0.25, -0.2) is 9.59 Å². The van der Waals surface area contributed by atoms with E-state index in [-0.39, 0.29) is 12.7 Å². The van der Waals surface area contributed by atoms with Crippen molar-refractivity contribution >= 4 is 23.7 Å². The molecule has 0 spiro atoms. The lowest BCUT2D eigenvalue weighted by Gasteiger charge is -2.36. The predicted molar refractivity (Wildman–Crippen MR) is 106 cm³/mol. The Balaban J connectivity index is 1.93. The highest BCUT2D eigenvalue weighted by Crippen LogP contribution is 2.35. The van der Waals surface area contributed by atoms with Crippen molar-refractivity contribution < 1.29 is 23.8 Å². The molecule has 5 nitrogen and oxygen atoms in total. The number of methoxy groups -OCH3 is 1. The topological polar surface area (TPSA) is 61.8 Å². The van der Waals surface area contributed by atoms with Gasteiger partial charge < -0.3 is 14.2 Å². The van der Waals surface area contributed by atoms with Gasteiger partial charge in [0.15, 0.2) is 6.61 Å². The van der Waals surface area contributed by atoms with E-state index in [4.69, 9.17) is 14.2 Å². The van der Waals surface area contributed by atoms with Crippen molar-refractivity contribution in [2.75, 3.05) is 20.0 Å². The molecular formula is C21H30O5S. The second-order valence-corrected chi connectivity index (χ2v) is 8.38. The Morgan fingerprint density at radius 1 is 1.26 bits per heavy atom. The van der Waals surface area contributed by atoms with Crippen molar-refractivity contribution in [1.82, 2.24) is 0 Å². The van der Waals surface area contributed by atoms with Crippen LogP contribution in [0, 0.1) is 17.8 Å². The minimum Gasteiger partial charge on any atom is -0.496 e. The lowest BCUT2D eigenvalue weighted by atomic mass is 9.75. The smallest absolute Gasteiger partial charge is 0.344 e. The number of ether oxygens (including phenoxy) is 3. The third-order valence-corrected chi connectivity index (χ3v) is 5.92. The first-order chi connectivity index (χ1) is 12.8. The highest BCUT2D eigenvalue weighted by atomic mass is 32.2. The molecule has 0 radical (unpaired) electrons. The van der Waals surface area contributed by atoms with Crippen LogP contribution >= 0.6 is 11.8 Å². The molecule has 0 saturated heterocycles. The SMILES string of the molecule is COc1cc(SC)ccc1C(=O)OCC(=O)O[C@@H]1C[C@@H](C)CC[C@@H]1C(C)C. The van der Waals surface area contributed by atoms with Crippen molar-refractivity contribution in [3.05, 3.63) is 23.8 Å². The number of hydrogen-bond donors (Lipinski definition) is 0. The van der Waals surface area contributed by atoms with Gasteiger partial charge in [-0.2, -0.15) is 0 Å². The van der Waals surface area contributed by atoms with Gasteiger partial charge in [0.25, 0.3) is 0 Å². The Kier molecular flexibility index (Phi) is 8.02. The number of carbonyl (C=O) groups excluding carboxylic acids is 2. The Labute approximate surface area is 166 Å². The normalized spacial score (nSPS) is 22.4. The zero-order valence-electron chi connectivity index (χ0n) is 16.8. The van der Waals surface area contributed by atoms with Crippen LogP contribution in [0.3, 0.4) is 0 Å². The van der Waals surface area contributed by atoms with E-state index in [9.17, 15) is 9.59 Å². The number of carbonyl (C=O) groups is 2. The summed E-state index contributed by atoms with van der Waals surface area (Å²) >= 11 is 1.55. The van der Waals surface area contributed by atoms with Gasteiger partial charge in [-0.3, -0.25) is 0 Å². The summed E-state index contributed by atoms with van der Waals surface area (Å²) < 4.78 is 16.1. The fourth-order valence-electron chi connectivity index (χ4n) is 3.62. The molecule has 0 bridgehead atoms. The summed E-state index contributed by atoms with van der Waals surface area (Å²) in [4.78, 5) is 25.6. The molecule has 0 unspecified atom stereocenters. The van der Waals surface area contributed by atoms with Crippen LogP contribution in [0.15, 0.2) is 23.1 Å². The lowest BCUT2D eigenvalue weighted by molar-refractivity contribution is -0.159. The minimum atomic E-state index is -0.589. The van der Waals surface area contributed by atoms with Crippen LogP contribution in [0.5, 0.6) is 5.75 Å². The molecule has 1 fully saturated rings. The summed E-state index contributed by atoms with van der Waals surface area (Å²) in [5.41, 5.74) is 0.300. The zero-order valence-corrected chi connectivity index (χ0v) is 17.6. The van der Waals surface area contributed by atoms with E-state index in [1.54, 1.807) is 23.9 Å². The van der Waals surface area contributed by atoms with Gasteiger partial charge in [0.1, 0.15) is 17.4 Å². The molecule has 0 amide bonds. The Morgan fingerprint density at radius 3 is 2.63 bits per heavy atom. The fraction of sp³-hybridized carbons (Fsp3) is 0.619. The summed E-state index contributed by atoms with van der Waals surface area (Å²) in [6.07, 6.45) is 4.94. The van der Waals surface area contributed by atoms with Gasteiger partial charge >= 0.3 is 11.9 Å². The maximum absolute atomic E-state index is 12.3. The average molecular weight is 395 g/mol. The third-order valence-electron chi connectivity index (χ3n) is 5.19. The molecule has 1 aliphatic rings. The molecule has 1 aliphatic carbocycles.